The molecule has 1 fully saturated rings. The van der Waals surface area contributed by atoms with Crippen LogP contribution in [-0.2, 0) is 10.2 Å². The van der Waals surface area contributed by atoms with Crippen LogP contribution in [0.2, 0.25) is 0 Å². The molecule has 1 unspecified atom stereocenters. The van der Waals surface area contributed by atoms with Crippen LogP contribution in [0, 0.1) is 6.92 Å². The highest BCUT2D eigenvalue weighted by atomic mass is 16.4. The molecule has 1 aliphatic rings. The molecule has 1 saturated heterocycles. The van der Waals surface area contributed by atoms with Crippen molar-refractivity contribution in [3.8, 4) is 0 Å². The molecule has 31 heavy (non-hydrogen) atoms. The Labute approximate surface area is 184 Å². The average molecular weight is 415 g/mol. The van der Waals surface area contributed by atoms with Gasteiger partial charge in [-0.15, -0.1) is 0 Å². The lowest BCUT2D eigenvalue weighted by molar-refractivity contribution is -0.141. The molecule has 1 heterocycles. The van der Waals surface area contributed by atoms with Crippen molar-refractivity contribution in [2.45, 2.75) is 32.1 Å². The number of anilines is 3. The molecule has 1 N–H and O–H groups in total. The smallest absolute Gasteiger partial charge is 0.318 e. The zero-order chi connectivity index (χ0) is 22.0. The molecule has 0 bridgehead atoms. The summed E-state index contributed by atoms with van der Waals surface area (Å²) < 4.78 is 0. The van der Waals surface area contributed by atoms with Gasteiger partial charge >= 0.3 is 5.97 Å². The number of aliphatic carboxylic acids is 1. The van der Waals surface area contributed by atoms with E-state index in [2.05, 4.69) is 53.1 Å². The first kappa shape index (κ1) is 21.0. The van der Waals surface area contributed by atoms with Crippen LogP contribution >= 0.6 is 0 Å². The third-order valence-electron chi connectivity index (χ3n) is 6.60. The largest absolute Gasteiger partial charge is 0.480 e. The van der Waals surface area contributed by atoms with Crippen LogP contribution in [0.15, 0.2) is 72.8 Å². The topological polar surface area (TPSA) is 43.8 Å². The van der Waals surface area contributed by atoms with Gasteiger partial charge in [-0.2, -0.15) is 0 Å². The first-order valence-electron chi connectivity index (χ1n) is 10.9. The number of nitrogens with zero attached hydrogens (tertiary/aromatic N) is 2. The predicted molar refractivity (Wildman–Crippen MR) is 128 cm³/mol. The second-order valence-electron chi connectivity index (χ2n) is 8.61. The van der Waals surface area contributed by atoms with Crippen LogP contribution in [0.25, 0.3) is 0 Å². The monoisotopic (exact) mass is 414 g/mol. The van der Waals surface area contributed by atoms with E-state index in [0.717, 1.165) is 35.6 Å². The maximum atomic E-state index is 12.4. The molecule has 160 valence electrons. The zero-order valence-electron chi connectivity index (χ0n) is 18.5. The summed E-state index contributed by atoms with van der Waals surface area (Å²) in [5.74, 6) is -0.846. The SMILES string of the molecule is Cc1ccc(N(C)c2ccc(C(C)(C(=O)O)c3ccc(N4CCCC4)cc3)cc2)cc1. The molecule has 0 amide bonds. The molecule has 3 aromatic carbocycles. The number of hydrogen-bond acceptors (Lipinski definition) is 3. The normalized spacial score (nSPS) is 15.5. The summed E-state index contributed by atoms with van der Waals surface area (Å²) in [4.78, 5) is 16.9. The minimum Gasteiger partial charge on any atom is -0.480 e. The van der Waals surface area contributed by atoms with Crippen molar-refractivity contribution < 1.29 is 9.90 Å². The van der Waals surface area contributed by atoms with Crippen LogP contribution < -0.4 is 9.80 Å². The third-order valence-corrected chi connectivity index (χ3v) is 6.60. The molecule has 3 aromatic rings. The lowest BCUT2D eigenvalue weighted by Crippen LogP contribution is -2.33. The molecule has 0 saturated carbocycles. The van der Waals surface area contributed by atoms with Crippen LogP contribution in [0.1, 0.15) is 36.5 Å². The third kappa shape index (κ3) is 4.02. The molecule has 0 aliphatic carbocycles. The Bertz CT molecular complexity index is 1040. The highest BCUT2D eigenvalue weighted by molar-refractivity contribution is 5.86. The molecule has 1 aliphatic heterocycles. The average Bonchev–Trinajstić information content (AvgIpc) is 3.34. The number of benzene rings is 3. The van der Waals surface area contributed by atoms with Gasteiger partial charge in [0.2, 0.25) is 0 Å². The van der Waals surface area contributed by atoms with E-state index in [1.807, 2.05) is 43.4 Å². The van der Waals surface area contributed by atoms with Gasteiger partial charge in [0.1, 0.15) is 5.41 Å². The summed E-state index contributed by atoms with van der Waals surface area (Å²) in [5, 5.41) is 10.2. The lowest BCUT2D eigenvalue weighted by atomic mass is 9.76. The Morgan fingerprint density at radius 2 is 1.29 bits per heavy atom. The summed E-state index contributed by atoms with van der Waals surface area (Å²) in [6.07, 6.45) is 2.44. The van der Waals surface area contributed by atoms with E-state index in [-0.39, 0.29) is 0 Å². The van der Waals surface area contributed by atoms with Crippen molar-refractivity contribution in [2.75, 3.05) is 29.9 Å². The Kier molecular flexibility index (Phi) is 5.73. The van der Waals surface area contributed by atoms with E-state index in [9.17, 15) is 9.90 Å². The predicted octanol–water partition coefficient (Wildman–Crippen LogP) is 5.75. The fourth-order valence-electron chi connectivity index (χ4n) is 4.33. The van der Waals surface area contributed by atoms with Crippen LogP contribution in [0.4, 0.5) is 17.1 Å². The van der Waals surface area contributed by atoms with Crippen molar-refractivity contribution in [1.29, 1.82) is 0 Å². The number of carbonyl (C=O) groups is 1. The summed E-state index contributed by atoms with van der Waals surface area (Å²) in [7, 11) is 2.02. The van der Waals surface area contributed by atoms with Crippen molar-refractivity contribution in [1.82, 2.24) is 0 Å². The van der Waals surface area contributed by atoms with Crippen LogP contribution in [0.5, 0.6) is 0 Å². The summed E-state index contributed by atoms with van der Waals surface area (Å²) >= 11 is 0. The van der Waals surface area contributed by atoms with Gasteiger partial charge in [-0.1, -0.05) is 42.0 Å². The zero-order valence-corrected chi connectivity index (χ0v) is 18.5. The number of carboxylic acid groups (broad SMARTS) is 1. The van der Waals surface area contributed by atoms with Gasteiger partial charge in [0.05, 0.1) is 0 Å². The fourth-order valence-corrected chi connectivity index (χ4v) is 4.33. The quantitative estimate of drug-likeness (QED) is 0.557. The summed E-state index contributed by atoms with van der Waals surface area (Å²) in [5.41, 5.74) is 4.97. The number of carboxylic acids is 1. The fraction of sp³-hybridized carbons (Fsp3) is 0.296. The molecule has 1 atom stereocenters. The van der Waals surface area contributed by atoms with Gasteiger partial charge < -0.3 is 14.9 Å². The number of hydrogen-bond donors (Lipinski definition) is 1. The van der Waals surface area contributed by atoms with Gasteiger partial charge in [-0.25, -0.2) is 0 Å². The molecule has 0 aromatic heterocycles. The lowest BCUT2D eigenvalue weighted by Gasteiger charge is -2.28. The van der Waals surface area contributed by atoms with Crippen LogP contribution in [-0.4, -0.2) is 31.2 Å². The van der Waals surface area contributed by atoms with E-state index in [1.165, 1.54) is 24.1 Å². The standard InChI is InChI=1S/C27H30N2O2/c1-20-6-12-23(13-7-20)28(3)24-14-8-21(9-15-24)27(2,26(30)31)22-10-16-25(17-11-22)29-18-4-5-19-29/h6-17H,4-5,18-19H2,1-3H3,(H,30,31). The molecule has 0 spiro atoms. The van der Waals surface area contributed by atoms with Crippen molar-refractivity contribution in [2.24, 2.45) is 0 Å². The minimum absolute atomic E-state index is 0.773. The van der Waals surface area contributed by atoms with Gasteiger partial charge in [0.25, 0.3) is 0 Å². The number of rotatable bonds is 6. The molecule has 4 heteroatoms. The van der Waals surface area contributed by atoms with E-state index >= 15 is 0 Å². The summed E-state index contributed by atoms with van der Waals surface area (Å²) in [6, 6.07) is 24.3. The van der Waals surface area contributed by atoms with E-state index in [1.54, 1.807) is 6.92 Å². The summed E-state index contributed by atoms with van der Waals surface area (Å²) in [6.45, 7) is 6.01. The Morgan fingerprint density at radius 3 is 1.77 bits per heavy atom. The second-order valence-corrected chi connectivity index (χ2v) is 8.61. The van der Waals surface area contributed by atoms with Crippen molar-refractivity contribution >= 4 is 23.0 Å². The maximum absolute atomic E-state index is 12.4. The molecule has 4 nitrogen and oxygen atoms in total. The first-order chi connectivity index (χ1) is 14.9. The Hall–Kier alpha value is -3.27. The maximum Gasteiger partial charge on any atom is 0.318 e. The van der Waals surface area contributed by atoms with E-state index < -0.39 is 11.4 Å². The minimum atomic E-state index is -1.11. The Balaban J connectivity index is 1.61. The first-order valence-corrected chi connectivity index (χ1v) is 10.9. The highest BCUT2D eigenvalue weighted by Crippen LogP contribution is 2.35. The molecular formula is C27H30N2O2. The van der Waals surface area contributed by atoms with Crippen molar-refractivity contribution in [3.63, 3.8) is 0 Å². The van der Waals surface area contributed by atoms with E-state index in [0.29, 0.717) is 0 Å². The van der Waals surface area contributed by atoms with Gasteiger partial charge in [0, 0.05) is 37.2 Å². The molecule has 0 radical (unpaired) electrons. The van der Waals surface area contributed by atoms with Crippen molar-refractivity contribution in [3.05, 3.63) is 89.5 Å². The highest BCUT2D eigenvalue weighted by Gasteiger charge is 2.37. The molecule has 4 rings (SSSR count). The van der Waals surface area contributed by atoms with E-state index in [4.69, 9.17) is 0 Å². The van der Waals surface area contributed by atoms with Gasteiger partial charge in [-0.05, 0) is 74.2 Å². The second kappa shape index (κ2) is 8.46. The Morgan fingerprint density at radius 1 is 0.839 bits per heavy atom. The van der Waals surface area contributed by atoms with Crippen LogP contribution in [0.3, 0.4) is 0 Å². The van der Waals surface area contributed by atoms with Gasteiger partial charge in [0.15, 0.2) is 0 Å². The molecular weight excluding hydrogens is 384 g/mol. The number of aryl methyl sites for hydroxylation is 1. The van der Waals surface area contributed by atoms with Gasteiger partial charge in [-0.3, -0.25) is 4.79 Å².